The second-order valence-corrected chi connectivity index (χ2v) is 6.17. The molecule has 1 saturated heterocycles. The molecular weight excluding hydrogens is 266 g/mol. The summed E-state index contributed by atoms with van der Waals surface area (Å²) in [6, 6.07) is 8.05. The van der Waals surface area contributed by atoms with Crippen LogP contribution in [0.5, 0.6) is 0 Å². The van der Waals surface area contributed by atoms with Crippen molar-refractivity contribution < 1.29 is 4.79 Å². The number of thioether (sulfide) groups is 1. The first-order valence-corrected chi connectivity index (χ1v) is 7.95. The first kappa shape index (κ1) is 13.8. The van der Waals surface area contributed by atoms with Crippen LogP contribution in [0.3, 0.4) is 0 Å². The lowest BCUT2D eigenvalue weighted by atomic mass is 10.1. The largest absolute Gasteiger partial charge is 0.325 e. The molecule has 0 saturated carbocycles. The van der Waals surface area contributed by atoms with Gasteiger partial charge in [0.15, 0.2) is 0 Å². The van der Waals surface area contributed by atoms with Crippen LogP contribution >= 0.6 is 23.4 Å². The third-order valence-corrected chi connectivity index (χ3v) is 4.66. The van der Waals surface area contributed by atoms with Gasteiger partial charge >= 0.3 is 0 Å². The number of halogens is 1. The van der Waals surface area contributed by atoms with Gasteiger partial charge in [-0.2, -0.15) is 0 Å². The van der Waals surface area contributed by atoms with Gasteiger partial charge in [0.25, 0.3) is 0 Å². The van der Waals surface area contributed by atoms with Crippen LogP contribution < -0.4 is 5.32 Å². The van der Waals surface area contributed by atoms with Crippen molar-refractivity contribution in [2.45, 2.75) is 30.9 Å². The predicted octanol–water partition coefficient (Wildman–Crippen LogP) is 3.69. The molecule has 1 amide bonds. The fraction of sp³-hybridized carbons (Fsp3) is 0.500. The summed E-state index contributed by atoms with van der Waals surface area (Å²) in [4.78, 5) is 12.0. The molecule has 4 heteroatoms. The predicted molar refractivity (Wildman–Crippen MR) is 79.6 cm³/mol. The van der Waals surface area contributed by atoms with E-state index in [2.05, 4.69) is 11.4 Å². The lowest BCUT2D eigenvalue weighted by Gasteiger charge is -2.10. The Kier molecular flexibility index (Phi) is 5.39. The van der Waals surface area contributed by atoms with E-state index >= 15 is 0 Å². The number of amides is 1. The van der Waals surface area contributed by atoms with E-state index in [1.54, 1.807) is 11.8 Å². The molecule has 2 rings (SSSR count). The zero-order chi connectivity index (χ0) is 12.8. The first-order valence-electron chi connectivity index (χ1n) is 6.37. The third kappa shape index (κ3) is 3.92. The van der Waals surface area contributed by atoms with E-state index in [1.807, 2.05) is 18.2 Å². The van der Waals surface area contributed by atoms with Gasteiger partial charge in [-0.25, -0.2) is 0 Å². The van der Waals surface area contributed by atoms with Crippen molar-refractivity contribution in [1.82, 2.24) is 0 Å². The fourth-order valence-corrected chi connectivity index (χ4v) is 3.38. The number of aryl methyl sites for hydroxylation is 1. The number of hydrogen-bond donors (Lipinski definition) is 1. The molecule has 1 atom stereocenters. The van der Waals surface area contributed by atoms with Gasteiger partial charge in [-0.15, -0.1) is 23.4 Å². The Balaban J connectivity index is 1.93. The molecule has 1 unspecified atom stereocenters. The second-order valence-electron chi connectivity index (χ2n) is 4.48. The van der Waals surface area contributed by atoms with Crippen LogP contribution in [0.4, 0.5) is 5.69 Å². The molecule has 1 aromatic carbocycles. The molecule has 0 bridgehead atoms. The van der Waals surface area contributed by atoms with Gasteiger partial charge in [-0.3, -0.25) is 4.79 Å². The molecule has 18 heavy (non-hydrogen) atoms. The molecular formula is C14H18ClNOS. The molecule has 0 aromatic heterocycles. The van der Waals surface area contributed by atoms with E-state index < -0.39 is 0 Å². The van der Waals surface area contributed by atoms with Crippen LogP contribution in [-0.2, 0) is 11.2 Å². The van der Waals surface area contributed by atoms with Crippen molar-refractivity contribution in [3.8, 4) is 0 Å². The third-order valence-electron chi connectivity index (χ3n) is 3.02. The normalized spacial score (nSPS) is 18.8. The van der Waals surface area contributed by atoms with E-state index in [0.717, 1.165) is 37.1 Å². The number of carbonyl (C=O) groups excluding carboxylic acids is 1. The highest BCUT2D eigenvalue weighted by molar-refractivity contribution is 8.00. The zero-order valence-corrected chi connectivity index (χ0v) is 11.9. The maximum Gasteiger partial charge on any atom is 0.237 e. The fourth-order valence-electron chi connectivity index (χ4n) is 2.08. The van der Waals surface area contributed by atoms with Gasteiger partial charge in [0.05, 0.1) is 5.25 Å². The molecule has 1 fully saturated rings. The van der Waals surface area contributed by atoms with Crippen molar-refractivity contribution >= 4 is 35.0 Å². The van der Waals surface area contributed by atoms with Gasteiger partial charge in [-0.1, -0.05) is 12.1 Å². The zero-order valence-electron chi connectivity index (χ0n) is 10.3. The molecule has 1 aliphatic heterocycles. The quantitative estimate of drug-likeness (QED) is 0.835. The Morgan fingerprint density at radius 1 is 1.50 bits per heavy atom. The van der Waals surface area contributed by atoms with Crippen molar-refractivity contribution in [3.05, 3.63) is 29.8 Å². The molecule has 0 aliphatic carbocycles. The number of benzene rings is 1. The number of nitrogens with one attached hydrogen (secondary N) is 1. The van der Waals surface area contributed by atoms with Gasteiger partial charge in [0.2, 0.25) is 5.91 Å². The van der Waals surface area contributed by atoms with Gasteiger partial charge < -0.3 is 5.32 Å². The van der Waals surface area contributed by atoms with E-state index in [-0.39, 0.29) is 11.2 Å². The molecule has 98 valence electrons. The van der Waals surface area contributed by atoms with Crippen LogP contribution in [0, 0.1) is 0 Å². The summed E-state index contributed by atoms with van der Waals surface area (Å²) in [5, 5.41) is 3.14. The van der Waals surface area contributed by atoms with E-state index in [0.29, 0.717) is 5.88 Å². The molecule has 1 aliphatic rings. The maximum absolute atomic E-state index is 12.0. The molecule has 1 heterocycles. The minimum Gasteiger partial charge on any atom is -0.325 e. The smallest absolute Gasteiger partial charge is 0.237 e. The minimum atomic E-state index is 0.136. The summed E-state index contributed by atoms with van der Waals surface area (Å²) in [5.74, 6) is 1.93. The summed E-state index contributed by atoms with van der Waals surface area (Å²) >= 11 is 7.45. The van der Waals surface area contributed by atoms with Gasteiger partial charge in [0, 0.05) is 11.6 Å². The highest BCUT2D eigenvalue weighted by Crippen LogP contribution is 2.27. The van der Waals surface area contributed by atoms with E-state index in [9.17, 15) is 4.79 Å². The van der Waals surface area contributed by atoms with Crippen LogP contribution in [0.15, 0.2) is 24.3 Å². The molecule has 2 nitrogen and oxygen atoms in total. The topological polar surface area (TPSA) is 29.1 Å². The Morgan fingerprint density at radius 2 is 2.39 bits per heavy atom. The Labute approximate surface area is 117 Å². The summed E-state index contributed by atoms with van der Waals surface area (Å²) in [7, 11) is 0. The van der Waals surface area contributed by atoms with E-state index in [1.165, 1.54) is 5.56 Å². The van der Waals surface area contributed by atoms with Crippen LogP contribution in [0.2, 0.25) is 0 Å². The van der Waals surface area contributed by atoms with Gasteiger partial charge in [0.1, 0.15) is 0 Å². The average Bonchev–Trinajstić information content (AvgIpc) is 2.91. The SMILES string of the molecule is O=C(Nc1cccc(CCCCl)c1)C1CCCS1. The van der Waals surface area contributed by atoms with Crippen molar-refractivity contribution in [1.29, 1.82) is 0 Å². The number of anilines is 1. The summed E-state index contributed by atoms with van der Waals surface area (Å²) in [5.41, 5.74) is 2.13. The number of hydrogen-bond acceptors (Lipinski definition) is 2. The van der Waals surface area contributed by atoms with Gasteiger partial charge in [-0.05, 0) is 49.1 Å². The minimum absolute atomic E-state index is 0.136. The first-order chi connectivity index (χ1) is 8.79. The molecule has 0 spiro atoms. The molecule has 0 radical (unpaired) electrons. The lowest BCUT2D eigenvalue weighted by Crippen LogP contribution is -2.22. The van der Waals surface area contributed by atoms with Crippen LogP contribution in [0.25, 0.3) is 0 Å². The number of carbonyl (C=O) groups is 1. The summed E-state index contributed by atoms with van der Waals surface area (Å²) in [6.45, 7) is 0. The van der Waals surface area contributed by atoms with Crippen molar-refractivity contribution in [3.63, 3.8) is 0 Å². The van der Waals surface area contributed by atoms with Crippen LogP contribution in [0.1, 0.15) is 24.8 Å². The highest BCUT2D eigenvalue weighted by Gasteiger charge is 2.23. The maximum atomic E-state index is 12.0. The van der Waals surface area contributed by atoms with Crippen molar-refractivity contribution in [2.75, 3.05) is 16.9 Å². The Hall–Kier alpha value is -0.670. The monoisotopic (exact) mass is 283 g/mol. The Morgan fingerprint density at radius 3 is 3.11 bits per heavy atom. The second kappa shape index (κ2) is 7.05. The van der Waals surface area contributed by atoms with Crippen LogP contribution in [-0.4, -0.2) is 22.8 Å². The van der Waals surface area contributed by atoms with Crippen molar-refractivity contribution in [2.24, 2.45) is 0 Å². The number of alkyl halides is 1. The summed E-state index contributed by atoms with van der Waals surface area (Å²) < 4.78 is 0. The molecule has 1 aromatic rings. The number of rotatable bonds is 5. The molecule has 1 N–H and O–H groups in total. The average molecular weight is 284 g/mol. The van der Waals surface area contributed by atoms with E-state index in [4.69, 9.17) is 11.6 Å². The highest BCUT2D eigenvalue weighted by atomic mass is 35.5. The Bertz CT molecular complexity index is 405. The summed E-state index contributed by atoms with van der Waals surface area (Å²) in [6.07, 6.45) is 4.09. The standard InChI is InChI=1S/C14H18ClNOS/c15-8-2-5-11-4-1-6-12(10-11)16-14(17)13-7-3-9-18-13/h1,4,6,10,13H,2-3,5,7-9H2,(H,16,17). The lowest BCUT2D eigenvalue weighted by molar-refractivity contribution is -0.115.